The molecule has 1 aromatic rings. The summed E-state index contributed by atoms with van der Waals surface area (Å²) in [5, 5.41) is 12.6. The fourth-order valence-corrected chi connectivity index (χ4v) is 2.16. The number of benzene rings is 1. The second-order valence-electron chi connectivity index (χ2n) is 5.27. The van der Waals surface area contributed by atoms with E-state index >= 15 is 0 Å². The Balaban J connectivity index is 2.42. The summed E-state index contributed by atoms with van der Waals surface area (Å²) in [6.45, 7) is 10.8. The van der Waals surface area contributed by atoms with Gasteiger partial charge in [0, 0.05) is 13.2 Å². The highest BCUT2D eigenvalue weighted by Gasteiger charge is 2.05. The molecule has 1 atom stereocenters. The van der Waals surface area contributed by atoms with Gasteiger partial charge in [-0.15, -0.1) is 0 Å². The molecule has 0 aliphatic rings. The van der Waals surface area contributed by atoms with Gasteiger partial charge >= 0.3 is 0 Å². The average Bonchev–Trinajstić information content (AvgIpc) is 2.35. The molecule has 102 valence electrons. The Kier molecular flexibility index (Phi) is 6.37. The summed E-state index contributed by atoms with van der Waals surface area (Å²) in [5.41, 5.74) is 5.56. The van der Waals surface area contributed by atoms with Crippen molar-refractivity contribution in [1.29, 1.82) is 0 Å². The third kappa shape index (κ3) is 4.43. The first-order chi connectivity index (χ1) is 8.58. The van der Waals surface area contributed by atoms with E-state index in [4.69, 9.17) is 5.11 Å². The topological polar surface area (TPSA) is 32.3 Å². The molecule has 2 heteroatoms. The molecule has 1 aromatic carbocycles. The van der Waals surface area contributed by atoms with Crippen LogP contribution in [0.1, 0.15) is 35.6 Å². The predicted octanol–water partition coefficient (Wildman–Crippen LogP) is 2.76. The Hall–Kier alpha value is -0.860. The van der Waals surface area contributed by atoms with Crippen LogP contribution in [0.3, 0.4) is 0 Å². The van der Waals surface area contributed by atoms with Crippen molar-refractivity contribution in [2.45, 2.75) is 40.5 Å². The minimum absolute atomic E-state index is 0.284. The van der Waals surface area contributed by atoms with E-state index in [-0.39, 0.29) is 6.61 Å². The fourth-order valence-electron chi connectivity index (χ4n) is 2.16. The van der Waals surface area contributed by atoms with Crippen LogP contribution in [0.15, 0.2) is 12.1 Å². The van der Waals surface area contributed by atoms with Gasteiger partial charge in [0.1, 0.15) is 0 Å². The highest BCUT2D eigenvalue weighted by atomic mass is 16.3. The number of rotatable bonds is 7. The molecule has 0 aliphatic carbocycles. The Bertz CT molecular complexity index is 370. The zero-order valence-electron chi connectivity index (χ0n) is 12.2. The normalized spacial score (nSPS) is 12.7. The lowest BCUT2D eigenvalue weighted by Crippen LogP contribution is -2.26. The SMILES string of the molecule is CCC(CO)CNCCc1cc(C)c(C)cc1C. The third-order valence-corrected chi connectivity index (χ3v) is 3.79. The molecule has 0 bridgehead atoms. The maximum atomic E-state index is 9.11. The maximum Gasteiger partial charge on any atom is 0.0471 e. The number of aliphatic hydroxyl groups is 1. The third-order valence-electron chi connectivity index (χ3n) is 3.79. The number of hydrogen-bond acceptors (Lipinski definition) is 2. The molecule has 0 saturated heterocycles. The lowest BCUT2D eigenvalue weighted by Gasteiger charge is -2.14. The molecular weight excluding hydrogens is 222 g/mol. The number of nitrogens with one attached hydrogen (secondary N) is 1. The second kappa shape index (κ2) is 7.55. The summed E-state index contributed by atoms with van der Waals surface area (Å²) >= 11 is 0. The van der Waals surface area contributed by atoms with Gasteiger partial charge in [-0.25, -0.2) is 0 Å². The second-order valence-corrected chi connectivity index (χ2v) is 5.27. The Morgan fingerprint density at radius 3 is 2.39 bits per heavy atom. The molecule has 0 aliphatic heterocycles. The Morgan fingerprint density at radius 2 is 1.78 bits per heavy atom. The van der Waals surface area contributed by atoms with Gasteiger partial charge in [0.05, 0.1) is 0 Å². The van der Waals surface area contributed by atoms with E-state index in [9.17, 15) is 0 Å². The first-order valence-electron chi connectivity index (χ1n) is 6.96. The van der Waals surface area contributed by atoms with Crippen molar-refractivity contribution in [2.75, 3.05) is 19.7 Å². The zero-order chi connectivity index (χ0) is 13.5. The number of aliphatic hydroxyl groups excluding tert-OH is 1. The summed E-state index contributed by atoms with van der Waals surface area (Å²) in [6.07, 6.45) is 2.10. The van der Waals surface area contributed by atoms with Gasteiger partial charge < -0.3 is 10.4 Å². The lowest BCUT2D eigenvalue weighted by molar-refractivity contribution is 0.219. The van der Waals surface area contributed by atoms with Crippen molar-refractivity contribution in [3.63, 3.8) is 0 Å². The van der Waals surface area contributed by atoms with E-state index in [0.717, 1.165) is 25.9 Å². The first kappa shape index (κ1) is 15.2. The molecule has 1 rings (SSSR count). The summed E-state index contributed by atoms with van der Waals surface area (Å²) in [7, 11) is 0. The van der Waals surface area contributed by atoms with Crippen LogP contribution in [0.4, 0.5) is 0 Å². The first-order valence-corrected chi connectivity index (χ1v) is 6.96. The van der Waals surface area contributed by atoms with Crippen LogP contribution in [-0.4, -0.2) is 24.8 Å². The summed E-state index contributed by atoms with van der Waals surface area (Å²) in [5.74, 6) is 0.394. The minimum atomic E-state index is 0.284. The monoisotopic (exact) mass is 249 g/mol. The van der Waals surface area contributed by atoms with Crippen molar-refractivity contribution in [1.82, 2.24) is 5.32 Å². The zero-order valence-corrected chi connectivity index (χ0v) is 12.2. The average molecular weight is 249 g/mol. The largest absolute Gasteiger partial charge is 0.396 e. The molecule has 2 N–H and O–H groups in total. The van der Waals surface area contributed by atoms with Crippen molar-refractivity contribution in [2.24, 2.45) is 5.92 Å². The van der Waals surface area contributed by atoms with Crippen LogP contribution in [0, 0.1) is 26.7 Å². The Labute approximate surface area is 111 Å². The molecule has 0 radical (unpaired) electrons. The van der Waals surface area contributed by atoms with E-state index in [1.807, 2.05) is 0 Å². The highest BCUT2D eigenvalue weighted by molar-refractivity contribution is 5.36. The van der Waals surface area contributed by atoms with Crippen LogP contribution in [-0.2, 0) is 6.42 Å². The molecule has 0 amide bonds. The van der Waals surface area contributed by atoms with Gasteiger partial charge in [-0.3, -0.25) is 0 Å². The van der Waals surface area contributed by atoms with Crippen molar-refractivity contribution >= 4 is 0 Å². The molecule has 0 saturated carbocycles. The Morgan fingerprint density at radius 1 is 1.11 bits per heavy atom. The molecule has 0 heterocycles. The molecule has 2 nitrogen and oxygen atoms in total. The summed E-state index contributed by atoms with van der Waals surface area (Å²) < 4.78 is 0. The molecule has 0 fully saturated rings. The van der Waals surface area contributed by atoms with Crippen molar-refractivity contribution in [3.8, 4) is 0 Å². The van der Waals surface area contributed by atoms with Crippen LogP contribution in [0.25, 0.3) is 0 Å². The van der Waals surface area contributed by atoms with E-state index in [0.29, 0.717) is 5.92 Å². The molecular formula is C16H27NO. The summed E-state index contributed by atoms with van der Waals surface area (Å²) in [6, 6.07) is 4.57. The van der Waals surface area contributed by atoms with E-state index in [2.05, 4.69) is 45.1 Å². The maximum absolute atomic E-state index is 9.11. The standard InChI is InChI=1S/C16H27NO/c1-5-15(11-18)10-17-7-6-16-9-13(3)12(2)8-14(16)4/h8-9,15,17-18H,5-7,10-11H2,1-4H3. The van der Waals surface area contributed by atoms with Gasteiger partial charge in [0.15, 0.2) is 0 Å². The minimum Gasteiger partial charge on any atom is -0.396 e. The van der Waals surface area contributed by atoms with E-state index in [1.165, 1.54) is 22.3 Å². The smallest absolute Gasteiger partial charge is 0.0471 e. The molecule has 18 heavy (non-hydrogen) atoms. The van der Waals surface area contributed by atoms with Gasteiger partial charge in [-0.2, -0.15) is 0 Å². The van der Waals surface area contributed by atoms with Crippen LogP contribution in [0.5, 0.6) is 0 Å². The molecule has 0 spiro atoms. The van der Waals surface area contributed by atoms with E-state index < -0.39 is 0 Å². The van der Waals surface area contributed by atoms with Gasteiger partial charge in [-0.1, -0.05) is 19.1 Å². The molecule has 1 unspecified atom stereocenters. The predicted molar refractivity (Wildman–Crippen MR) is 78.1 cm³/mol. The van der Waals surface area contributed by atoms with Gasteiger partial charge in [0.25, 0.3) is 0 Å². The lowest BCUT2D eigenvalue weighted by atomic mass is 9.99. The van der Waals surface area contributed by atoms with Crippen LogP contribution in [0.2, 0.25) is 0 Å². The van der Waals surface area contributed by atoms with E-state index in [1.54, 1.807) is 0 Å². The van der Waals surface area contributed by atoms with Crippen LogP contribution < -0.4 is 5.32 Å². The van der Waals surface area contributed by atoms with Gasteiger partial charge in [0.2, 0.25) is 0 Å². The fraction of sp³-hybridized carbons (Fsp3) is 0.625. The van der Waals surface area contributed by atoms with Crippen molar-refractivity contribution in [3.05, 3.63) is 34.4 Å². The molecule has 0 aromatic heterocycles. The quantitative estimate of drug-likeness (QED) is 0.728. The van der Waals surface area contributed by atoms with Gasteiger partial charge in [-0.05, 0) is 68.3 Å². The highest BCUT2D eigenvalue weighted by Crippen LogP contribution is 2.15. The summed E-state index contributed by atoms with van der Waals surface area (Å²) in [4.78, 5) is 0. The number of aryl methyl sites for hydroxylation is 3. The number of hydrogen-bond donors (Lipinski definition) is 2. The van der Waals surface area contributed by atoms with Crippen LogP contribution >= 0.6 is 0 Å². The van der Waals surface area contributed by atoms with Crippen molar-refractivity contribution < 1.29 is 5.11 Å².